The van der Waals surface area contributed by atoms with Crippen LogP contribution < -0.4 is 10.2 Å². The van der Waals surface area contributed by atoms with E-state index in [9.17, 15) is 32.9 Å². The number of carbonyl (C=O) groups is 2. The topological polar surface area (TPSA) is 95.8 Å². The lowest BCUT2D eigenvalue weighted by molar-refractivity contribution is -0.384. The molecule has 0 radical (unpaired) electrons. The Bertz CT molecular complexity index is 801. The van der Waals surface area contributed by atoms with E-state index in [1.54, 1.807) is 0 Å². The van der Waals surface area contributed by atoms with E-state index >= 15 is 0 Å². The summed E-state index contributed by atoms with van der Waals surface area (Å²) >= 11 is 5.70. The highest BCUT2D eigenvalue weighted by molar-refractivity contribution is 6.35. The van der Waals surface area contributed by atoms with Gasteiger partial charge in [-0.15, -0.1) is 0 Å². The maximum atomic E-state index is 13.0. The number of rotatable bonds is 2. The van der Waals surface area contributed by atoms with Crippen molar-refractivity contribution in [2.24, 2.45) is 0 Å². The second-order valence-electron chi connectivity index (χ2n) is 5.88. The van der Waals surface area contributed by atoms with Crippen LogP contribution in [-0.2, 0) is 15.8 Å². The van der Waals surface area contributed by atoms with Gasteiger partial charge in [-0.1, -0.05) is 11.6 Å². The summed E-state index contributed by atoms with van der Waals surface area (Å²) in [5.41, 5.74) is -2.06. The van der Waals surface area contributed by atoms with Crippen LogP contribution in [0.15, 0.2) is 12.1 Å². The molecule has 2 fully saturated rings. The summed E-state index contributed by atoms with van der Waals surface area (Å²) in [7, 11) is 0. The fraction of sp³-hybridized carbons (Fsp3) is 0.429. The highest BCUT2D eigenvalue weighted by Gasteiger charge is 2.40. The van der Waals surface area contributed by atoms with Crippen LogP contribution in [-0.4, -0.2) is 53.9 Å². The molecule has 1 unspecified atom stereocenters. The summed E-state index contributed by atoms with van der Waals surface area (Å²) in [5.74, 6) is -1.42. The van der Waals surface area contributed by atoms with Crippen molar-refractivity contribution in [3.63, 3.8) is 0 Å². The number of nitro benzene ring substituents is 1. The summed E-state index contributed by atoms with van der Waals surface area (Å²) in [6.07, 6.45) is -4.82. The van der Waals surface area contributed by atoms with Crippen LogP contribution in [0, 0.1) is 10.1 Å². The minimum absolute atomic E-state index is 0.0583. The molecule has 12 heteroatoms. The minimum Gasteiger partial charge on any atom is -0.362 e. The van der Waals surface area contributed by atoms with Gasteiger partial charge in [-0.05, 0) is 6.07 Å². The molecule has 0 spiro atoms. The lowest BCUT2D eigenvalue weighted by Crippen LogP contribution is -2.65. The number of amides is 2. The first-order valence-electron chi connectivity index (χ1n) is 7.48. The Kier molecular flexibility index (Phi) is 4.42. The van der Waals surface area contributed by atoms with E-state index in [0.29, 0.717) is 6.07 Å². The number of carbonyl (C=O) groups excluding carboxylic acids is 2. The molecule has 140 valence electrons. The van der Waals surface area contributed by atoms with Crippen molar-refractivity contribution >= 4 is 34.8 Å². The molecule has 2 aliphatic heterocycles. The van der Waals surface area contributed by atoms with Gasteiger partial charge in [0.25, 0.3) is 5.69 Å². The van der Waals surface area contributed by atoms with Crippen LogP contribution in [0.3, 0.4) is 0 Å². The van der Waals surface area contributed by atoms with Gasteiger partial charge in [-0.25, -0.2) is 0 Å². The maximum absolute atomic E-state index is 13.0. The Labute approximate surface area is 149 Å². The van der Waals surface area contributed by atoms with Crippen molar-refractivity contribution in [3.8, 4) is 0 Å². The highest BCUT2D eigenvalue weighted by Crippen LogP contribution is 2.41. The monoisotopic (exact) mass is 392 g/mol. The van der Waals surface area contributed by atoms with Gasteiger partial charge in [0.2, 0.25) is 0 Å². The van der Waals surface area contributed by atoms with Crippen molar-refractivity contribution in [1.29, 1.82) is 0 Å². The van der Waals surface area contributed by atoms with Crippen LogP contribution in [0.4, 0.5) is 24.5 Å². The zero-order valence-corrected chi connectivity index (χ0v) is 13.8. The fourth-order valence-electron chi connectivity index (χ4n) is 3.10. The van der Waals surface area contributed by atoms with Gasteiger partial charge >= 0.3 is 18.0 Å². The summed E-state index contributed by atoms with van der Waals surface area (Å²) < 4.78 is 38.9. The summed E-state index contributed by atoms with van der Waals surface area (Å²) in [4.78, 5) is 36.4. The smallest absolute Gasteiger partial charge is 0.362 e. The van der Waals surface area contributed by atoms with E-state index < -0.39 is 45.2 Å². The average Bonchev–Trinajstić information content (AvgIpc) is 2.56. The van der Waals surface area contributed by atoms with Crippen molar-refractivity contribution < 1.29 is 27.7 Å². The SMILES string of the molecule is O=C1NCC2CN(c3cc(Cl)c(C(F)(F)F)cc3[N+](=O)[O-])CCN2C1=O. The molecule has 3 rings (SSSR count). The number of nitrogens with one attached hydrogen (secondary N) is 1. The van der Waals surface area contributed by atoms with E-state index in [1.165, 1.54) is 9.80 Å². The third-order valence-electron chi connectivity index (χ3n) is 4.34. The van der Waals surface area contributed by atoms with Crippen molar-refractivity contribution in [2.45, 2.75) is 12.2 Å². The van der Waals surface area contributed by atoms with E-state index in [2.05, 4.69) is 5.32 Å². The molecule has 0 aromatic heterocycles. The van der Waals surface area contributed by atoms with E-state index in [4.69, 9.17) is 11.6 Å². The van der Waals surface area contributed by atoms with Gasteiger partial charge in [0.15, 0.2) is 0 Å². The van der Waals surface area contributed by atoms with Gasteiger partial charge in [-0.2, -0.15) is 13.2 Å². The summed E-state index contributed by atoms with van der Waals surface area (Å²) in [5, 5.41) is 13.1. The number of fused-ring (bicyclic) bond motifs is 1. The molecule has 0 bridgehead atoms. The van der Waals surface area contributed by atoms with Crippen molar-refractivity contribution in [2.75, 3.05) is 31.1 Å². The molecule has 1 aromatic carbocycles. The molecule has 26 heavy (non-hydrogen) atoms. The molecule has 2 amide bonds. The van der Waals surface area contributed by atoms with Gasteiger partial charge in [0.1, 0.15) is 5.69 Å². The summed E-state index contributed by atoms with van der Waals surface area (Å²) in [6, 6.07) is 0.897. The third-order valence-corrected chi connectivity index (χ3v) is 4.66. The number of anilines is 1. The van der Waals surface area contributed by atoms with Crippen LogP contribution in [0.2, 0.25) is 5.02 Å². The Morgan fingerprint density at radius 3 is 2.58 bits per heavy atom. The van der Waals surface area contributed by atoms with Crippen molar-refractivity contribution in [3.05, 3.63) is 32.8 Å². The first kappa shape index (κ1) is 18.2. The molecule has 2 aliphatic rings. The quantitative estimate of drug-likeness (QED) is 0.466. The molecular weight excluding hydrogens is 381 g/mol. The Morgan fingerprint density at radius 1 is 1.27 bits per heavy atom. The molecule has 1 atom stereocenters. The van der Waals surface area contributed by atoms with Gasteiger partial charge < -0.3 is 15.1 Å². The number of alkyl halides is 3. The Morgan fingerprint density at radius 2 is 1.96 bits per heavy atom. The second kappa shape index (κ2) is 6.31. The number of halogens is 4. The fourth-order valence-corrected chi connectivity index (χ4v) is 3.37. The largest absolute Gasteiger partial charge is 0.418 e. The highest BCUT2D eigenvalue weighted by atomic mass is 35.5. The molecule has 2 heterocycles. The normalized spacial score (nSPS) is 20.7. The Hall–Kier alpha value is -2.56. The van der Waals surface area contributed by atoms with Crippen LogP contribution >= 0.6 is 11.6 Å². The van der Waals surface area contributed by atoms with Gasteiger partial charge in [0.05, 0.1) is 21.6 Å². The van der Waals surface area contributed by atoms with E-state index in [0.717, 1.165) is 6.07 Å². The second-order valence-corrected chi connectivity index (χ2v) is 6.29. The number of hydrogen-bond donors (Lipinski definition) is 1. The lowest BCUT2D eigenvalue weighted by atomic mass is 10.1. The predicted octanol–water partition coefficient (Wildman–Crippen LogP) is 1.41. The first-order chi connectivity index (χ1) is 12.1. The molecule has 8 nitrogen and oxygen atoms in total. The maximum Gasteiger partial charge on any atom is 0.418 e. The molecular formula is C14H12ClF3N4O4. The standard InChI is InChI=1S/C14H12ClF3N4O4/c15-9-4-10(11(22(25)26)3-8(9)14(16,17)18)20-1-2-21-7(6-20)5-19-12(23)13(21)24/h3-4,7H,1-2,5-6H2,(H,19,23). The zero-order chi connectivity index (χ0) is 19.2. The predicted molar refractivity (Wildman–Crippen MR) is 83.8 cm³/mol. The van der Waals surface area contributed by atoms with Crippen LogP contribution in [0.5, 0.6) is 0 Å². The number of nitrogens with zero attached hydrogens (tertiary/aromatic N) is 3. The van der Waals surface area contributed by atoms with Crippen LogP contribution in [0.25, 0.3) is 0 Å². The van der Waals surface area contributed by atoms with E-state index in [-0.39, 0.29) is 31.9 Å². The number of hydrogen-bond acceptors (Lipinski definition) is 5. The first-order valence-corrected chi connectivity index (χ1v) is 7.86. The zero-order valence-electron chi connectivity index (χ0n) is 13.0. The average molecular weight is 393 g/mol. The number of piperazine rings is 2. The Balaban J connectivity index is 1.95. The van der Waals surface area contributed by atoms with Gasteiger partial charge in [-0.3, -0.25) is 19.7 Å². The molecule has 0 aliphatic carbocycles. The number of nitro groups is 1. The molecule has 2 saturated heterocycles. The number of benzene rings is 1. The van der Waals surface area contributed by atoms with Crippen molar-refractivity contribution in [1.82, 2.24) is 10.2 Å². The minimum atomic E-state index is -4.82. The van der Waals surface area contributed by atoms with Crippen LogP contribution in [0.1, 0.15) is 5.56 Å². The third kappa shape index (κ3) is 3.14. The molecule has 1 N–H and O–H groups in total. The lowest BCUT2D eigenvalue weighted by Gasteiger charge is -2.44. The van der Waals surface area contributed by atoms with E-state index in [1.807, 2.05) is 0 Å². The molecule has 1 aromatic rings. The van der Waals surface area contributed by atoms with Gasteiger partial charge in [0, 0.05) is 32.2 Å². The summed E-state index contributed by atoms with van der Waals surface area (Å²) in [6.45, 7) is 0.516. The molecule has 0 saturated carbocycles.